The van der Waals surface area contributed by atoms with Gasteiger partial charge >= 0.3 is 0 Å². The second-order valence-corrected chi connectivity index (χ2v) is 6.64. The first-order valence-electron chi connectivity index (χ1n) is 6.90. The second kappa shape index (κ2) is 7.30. The van der Waals surface area contributed by atoms with Crippen molar-refractivity contribution in [2.45, 2.75) is 5.75 Å². The van der Waals surface area contributed by atoms with Gasteiger partial charge in [-0.2, -0.15) is 0 Å². The maximum Gasteiger partial charge on any atom is 0.213 e. The van der Waals surface area contributed by atoms with E-state index >= 15 is 0 Å². The lowest BCUT2D eigenvalue weighted by Gasteiger charge is -2.06. The highest BCUT2D eigenvalue weighted by atomic mass is 32.2. The number of sulfonamides is 1. The zero-order valence-electron chi connectivity index (χ0n) is 13.0. The van der Waals surface area contributed by atoms with Crippen LogP contribution in [0.5, 0.6) is 11.5 Å². The van der Waals surface area contributed by atoms with Crippen molar-refractivity contribution in [3.05, 3.63) is 59.2 Å². The molecular weight excluding hydrogens is 314 g/mol. The molecule has 0 saturated carbocycles. The number of nitrogens with two attached hydrogens (primary N) is 1. The van der Waals surface area contributed by atoms with E-state index in [1.807, 2.05) is 36.4 Å². The Balaban J connectivity index is 2.17. The Morgan fingerprint density at radius 2 is 1.43 bits per heavy atom. The van der Waals surface area contributed by atoms with Crippen LogP contribution in [0.3, 0.4) is 0 Å². The Labute approximate surface area is 136 Å². The van der Waals surface area contributed by atoms with Crippen molar-refractivity contribution < 1.29 is 17.9 Å². The third-order valence-electron chi connectivity index (χ3n) is 3.19. The molecule has 2 aromatic carbocycles. The van der Waals surface area contributed by atoms with Gasteiger partial charge in [0.2, 0.25) is 10.0 Å². The predicted molar refractivity (Wildman–Crippen MR) is 91.7 cm³/mol. The molecule has 6 heteroatoms. The summed E-state index contributed by atoms with van der Waals surface area (Å²) in [6.45, 7) is 0. The predicted octanol–water partition coefficient (Wildman–Crippen LogP) is 2.66. The van der Waals surface area contributed by atoms with Crippen LogP contribution in [0.4, 0.5) is 0 Å². The van der Waals surface area contributed by atoms with Gasteiger partial charge in [-0.05, 0) is 28.8 Å². The van der Waals surface area contributed by atoms with Crippen LogP contribution < -0.4 is 14.6 Å². The quantitative estimate of drug-likeness (QED) is 0.824. The van der Waals surface area contributed by atoms with E-state index < -0.39 is 10.0 Å². The zero-order chi connectivity index (χ0) is 16.9. The number of primary sulfonamides is 1. The van der Waals surface area contributed by atoms with Crippen LogP contribution >= 0.6 is 0 Å². The molecule has 0 spiro atoms. The minimum absolute atomic E-state index is 0.163. The van der Waals surface area contributed by atoms with E-state index in [9.17, 15) is 8.42 Å². The largest absolute Gasteiger partial charge is 0.497 e. The van der Waals surface area contributed by atoms with E-state index in [2.05, 4.69) is 0 Å². The summed E-state index contributed by atoms with van der Waals surface area (Å²) in [7, 11) is -0.299. The lowest BCUT2D eigenvalue weighted by atomic mass is 10.1. The number of rotatable bonds is 6. The maximum atomic E-state index is 11.1. The zero-order valence-corrected chi connectivity index (χ0v) is 13.8. The van der Waals surface area contributed by atoms with Crippen molar-refractivity contribution in [3.63, 3.8) is 0 Å². The van der Waals surface area contributed by atoms with Gasteiger partial charge in [0.25, 0.3) is 0 Å². The van der Waals surface area contributed by atoms with Gasteiger partial charge in [0.05, 0.1) is 20.0 Å². The second-order valence-electron chi connectivity index (χ2n) is 5.03. The monoisotopic (exact) mass is 333 g/mol. The molecule has 2 N–H and O–H groups in total. The normalized spacial score (nSPS) is 11.6. The van der Waals surface area contributed by atoms with Crippen LogP contribution in [0.2, 0.25) is 0 Å². The Kier molecular flexibility index (Phi) is 5.41. The van der Waals surface area contributed by atoms with Gasteiger partial charge in [0, 0.05) is 6.07 Å². The highest BCUT2D eigenvalue weighted by Gasteiger charge is 2.04. The number of hydrogen-bond donors (Lipinski definition) is 1. The molecule has 0 atom stereocenters. The van der Waals surface area contributed by atoms with Gasteiger partial charge in [0.1, 0.15) is 11.5 Å². The van der Waals surface area contributed by atoms with Crippen molar-refractivity contribution in [2.24, 2.45) is 5.14 Å². The van der Waals surface area contributed by atoms with Crippen molar-refractivity contribution in [3.8, 4) is 11.5 Å². The fourth-order valence-corrected chi connectivity index (χ4v) is 2.73. The smallest absolute Gasteiger partial charge is 0.213 e. The Morgan fingerprint density at radius 1 is 0.913 bits per heavy atom. The lowest BCUT2D eigenvalue weighted by Crippen LogP contribution is -2.14. The molecule has 0 aromatic heterocycles. The Bertz CT molecular complexity index is 774. The third-order valence-corrected chi connectivity index (χ3v) is 3.93. The molecule has 122 valence electrons. The first-order chi connectivity index (χ1) is 10.9. The summed E-state index contributed by atoms with van der Waals surface area (Å²) in [6, 6.07) is 12.8. The van der Waals surface area contributed by atoms with E-state index in [0.29, 0.717) is 17.1 Å². The van der Waals surface area contributed by atoms with Crippen LogP contribution in [0, 0.1) is 0 Å². The molecule has 5 nitrogen and oxygen atoms in total. The van der Waals surface area contributed by atoms with Crippen LogP contribution in [-0.4, -0.2) is 22.6 Å². The van der Waals surface area contributed by atoms with Crippen LogP contribution in [-0.2, 0) is 15.8 Å². The van der Waals surface area contributed by atoms with Crippen molar-refractivity contribution in [1.29, 1.82) is 0 Å². The molecule has 2 rings (SSSR count). The van der Waals surface area contributed by atoms with E-state index in [0.717, 1.165) is 11.1 Å². The molecule has 0 unspecified atom stereocenters. The van der Waals surface area contributed by atoms with E-state index in [1.54, 1.807) is 32.4 Å². The van der Waals surface area contributed by atoms with Gasteiger partial charge < -0.3 is 9.47 Å². The summed E-state index contributed by atoms with van der Waals surface area (Å²) in [5.74, 6) is 1.27. The number of benzene rings is 2. The van der Waals surface area contributed by atoms with Crippen molar-refractivity contribution in [1.82, 2.24) is 0 Å². The van der Waals surface area contributed by atoms with Gasteiger partial charge in [-0.1, -0.05) is 36.4 Å². The molecule has 0 amide bonds. The number of methoxy groups -OCH3 is 2. The molecule has 0 bridgehead atoms. The minimum Gasteiger partial charge on any atom is -0.497 e. The average molecular weight is 333 g/mol. The van der Waals surface area contributed by atoms with Gasteiger partial charge in [-0.3, -0.25) is 0 Å². The highest BCUT2D eigenvalue weighted by Crippen LogP contribution is 2.23. The van der Waals surface area contributed by atoms with Gasteiger partial charge in [-0.15, -0.1) is 0 Å². The Hall–Kier alpha value is -2.31. The summed E-state index contributed by atoms with van der Waals surface area (Å²) < 4.78 is 32.6. The molecule has 0 aliphatic rings. The molecule has 23 heavy (non-hydrogen) atoms. The van der Waals surface area contributed by atoms with Crippen LogP contribution in [0.1, 0.15) is 16.7 Å². The third kappa shape index (κ3) is 5.43. The molecule has 2 aromatic rings. The van der Waals surface area contributed by atoms with Crippen LogP contribution in [0.25, 0.3) is 12.2 Å². The topological polar surface area (TPSA) is 78.6 Å². The summed E-state index contributed by atoms with van der Waals surface area (Å²) in [5.41, 5.74) is 2.55. The number of ether oxygens (including phenoxy) is 2. The average Bonchev–Trinajstić information content (AvgIpc) is 2.52. The lowest BCUT2D eigenvalue weighted by molar-refractivity contribution is 0.394. The van der Waals surface area contributed by atoms with Crippen molar-refractivity contribution >= 4 is 22.2 Å². The van der Waals surface area contributed by atoms with Gasteiger partial charge in [0.15, 0.2) is 0 Å². The fourth-order valence-electron chi connectivity index (χ4n) is 2.08. The number of hydrogen-bond acceptors (Lipinski definition) is 4. The summed E-state index contributed by atoms with van der Waals surface area (Å²) in [4.78, 5) is 0. The molecular formula is C17H19NO4S. The molecule has 0 heterocycles. The summed E-state index contributed by atoms with van der Waals surface area (Å²) >= 11 is 0. The maximum absolute atomic E-state index is 11.1. The SMILES string of the molecule is COc1cc(C=Cc2ccc(CS(N)(=O)=O)cc2)cc(OC)c1. The first-order valence-corrected chi connectivity index (χ1v) is 8.62. The summed E-state index contributed by atoms with van der Waals surface area (Å²) in [6.07, 6.45) is 3.86. The Morgan fingerprint density at radius 3 is 1.91 bits per heavy atom. The van der Waals surface area contributed by atoms with E-state index in [-0.39, 0.29) is 5.75 Å². The van der Waals surface area contributed by atoms with E-state index in [4.69, 9.17) is 14.6 Å². The first kappa shape index (κ1) is 17.1. The summed E-state index contributed by atoms with van der Waals surface area (Å²) in [5, 5.41) is 5.03. The molecule has 0 fully saturated rings. The molecule has 0 radical (unpaired) electrons. The minimum atomic E-state index is -3.51. The highest BCUT2D eigenvalue weighted by molar-refractivity contribution is 7.88. The van der Waals surface area contributed by atoms with E-state index in [1.165, 1.54) is 0 Å². The van der Waals surface area contributed by atoms with Crippen LogP contribution in [0.15, 0.2) is 42.5 Å². The molecule has 0 aliphatic carbocycles. The fraction of sp³-hybridized carbons (Fsp3) is 0.176. The molecule has 0 saturated heterocycles. The molecule has 0 aliphatic heterocycles. The standard InChI is InChI=1S/C17H19NO4S/c1-21-16-9-15(10-17(11-16)22-2)8-5-13-3-6-14(7-4-13)12-23(18,19)20/h3-11H,12H2,1-2H3,(H2,18,19,20). The van der Waals surface area contributed by atoms with Crippen molar-refractivity contribution in [2.75, 3.05) is 14.2 Å². The van der Waals surface area contributed by atoms with Gasteiger partial charge in [-0.25, -0.2) is 13.6 Å².